The van der Waals surface area contributed by atoms with Crippen molar-refractivity contribution >= 4 is 17.9 Å². The molecule has 1 unspecified atom stereocenters. The zero-order valence-electron chi connectivity index (χ0n) is 15.6. The van der Waals surface area contributed by atoms with Crippen molar-refractivity contribution in [3.8, 4) is 11.5 Å². The Morgan fingerprint density at radius 3 is 2.43 bits per heavy atom. The van der Waals surface area contributed by atoms with Gasteiger partial charge in [-0.15, -0.1) is 13.2 Å². The highest BCUT2D eigenvalue weighted by atomic mass is 19.4. The van der Waals surface area contributed by atoms with E-state index >= 15 is 0 Å². The zero-order chi connectivity index (χ0) is 21.9. The molecule has 0 spiro atoms. The fraction of sp³-hybridized carbons (Fsp3) is 0.200. The van der Waals surface area contributed by atoms with E-state index in [4.69, 9.17) is 4.74 Å². The second-order valence-corrected chi connectivity index (χ2v) is 6.32. The van der Waals surface area contributed by atoms with Crippen LogP contribution in [0.25, 0.3) is 0 Å². The molecule has 1 heterocycles. The lowest BCUT2D eigenvalue weighted by Crippen LogP contribution is -2.19. The Labute approximate surface area is 168 Å². The average molecular weight is 420 g/mol. The molecule has 0 saturated carbocycles. The molecule has 2 aromatic carbocycles. The number of hydrogen-bond acceptors (Lipinski definition) is 6. The molecule has 7 nitrogen and oxygen atoms in total. The number of halogens is 3. The minimum absolute atomic E-state index is 0.0746. The Kier molecular flexibility index (Phi) is 5.59. The van der Waals surface area contributed by atoms with Gasteiger partial charge in [-0.2, -0.15) is 0 Å². The Morgan fingerprint density at radius 2 is 1.83 bits per heavy atom. The molecule has 1 aliphatic heterocycles. The Balaban J connectivity index is 1.83. The molecule has 0 radical (unpaired) electrons. The number of nitrogens with zero attached hydrogens (tertiary/aromatic N) is 2. The molecule has 2 aromatic rings. The van der Waals surface area contributed by atoms with E-state index in [-0.39, 0.29) is 22.8 Å². The summed E-state index contributed by atoms with van der Waals surface area (Å²) in [6.07, 6.45) is -1.60. The summed E-state index contributed by atoms with van der Waals surface area (Å²) >= 11 is 0. The van der Waals surface area contributed by atoms with Gasteiger partial charge in [-0.05, 0) is 36.3 Å². The number of nitro benzene ring substituents is 1. The summed E-state index contributed by atoms with van der Waals surface area (Å²) in [4.78, 5) is 27.2. The van der Waals surface area contributed by atoms with Gasteiger partial charge in [0.1, 0.15) is 11.3 Å². The van der Waals surface area contributed by atoms with Gasteiger partial charge in [0.25, 0.3) is 0 Å². The van der Waals surface area contributed by atoms with Crippen molar-refractivity contribution in [2.45, 2.75) is 25.2 Å². The van der Waals surface area contributed by atoms with Crippen LogP contribution in [0.4, 0.5) is 18.9 Å². The van der Waals surface area contributed by atoms with Crippen molar-refractivity contribution in [2.75, 3.05) is 0 Å². The van der Waals surface area contributed by atoms with Crippen LogP contribution in [0, 0.1) is 10.1 Å². The lowest BCUT2D eigenvalue weighted by Gasteiger charge is -2.23. The molecule has 0 aromatic heterocycles. The Morgan fingerprint density at radius 1 is 1.17 bits per heavy atom. The van der Waals surface area contributed by atoms with Crippen molar-refractivity contribution in [2.24, 2.45) is 4.99 Å². The number of esters is 1. The van der Waals surface area contributed by atoms with Gasteiger partial charge in [0, 0.05) is 12.3 Å². The van der Waals surface area contributed by atoms with Crippen LogP contribution in [-0.2, 0) is 10.3 Å². The molecule has 0 aliphatic carbocycles. The SMILES string of the molecule is CCC1(c2ccc(OC(F)(F)F)cc2)C=C(C(=O)Oc2ccccc2[N+](=O)[O-])C=N1. The predicted molar refractivity (Wildman–Crippen MR) is 100 cm³/mol. The van der Waals surface area contributed by atoms with E-state index in [1.807, 2.05) is 0 Å². The molecule has 30 heavy (non-hydrogen) atoms. The molecule has 1 atom stereocenters. The van der Waals surface area contributed by atoms with Crippen molar-refractivity contribution in [3.63, 3.8) is 0 Å². The molecule has 156 valence electrons. The third-order valence-corrected chi connectivity index (χ3v) is 4.46. The van der Waals surface area contributed by atoms with Crippen LogP contribution in [0.2, 0.25) is 0 Å². The number of alkyl halides is 3. The van der Waals surface area contributed by atoms with Crippen LogP contribution in [0.1, 0.15) is 18.9 Å². The van der Waals surface area contributed by atoms with E-state index in [1.54, 1.807) is 6.92 Å². The maximum Gasteiger partial charge on any atom is 0.573 e. The predicted octanol–water partition coefficient (Wildman–Crippen LogP) is 4.72. The van der Waals surface area contributed by atoms with Crippen LogP contribution < -0.4 is 9.47 Å². The number of ether oxygens (including phenoxy) is 2. The molecule has 10 heteroatoms. The van der Waals surface area contributed by atoms with E-state index in [1.165, 1.54) is 48.7 Å². The van der Waals surface area contributed by atoms with Crippen LogP contribution >= 0.6 is 0 Å². The first kappa shape index (κ1) is 21.0. The lowest BCUT2D eigenvalue weighted by molar-refractivity contribution is -0.385. The standard InChI is InChI=1S/C20H15F3N2O5/c1-2-19(14-7-9-15(10-8-14)30-20(21,22)23)11-13(12-24-19)18(26)29-17-6-4-3-5-16(17)25(27)28/h3-12H,2H2,1H3. The maximum atomic E-state index is 12.5. The number of benzene rings is 2. The minimum Gasteiger partial charge on any atom is -0.416 e. The summed E-state index contributed by atoms with van der Waals surface area (Å²) in [6, 6.07) is 10.6. The van der Waals surface area contributed by atoms with Gasteiger partial charge in [-0.1, -0.05) is 31.2 Å². The van der Waals surface area contributed by atoms with Crippen LogP contribution in [0.5, 0.6) is 11.5 Å². The van der Waals surface area contributed by atoms with Crippen LogP contribution in [-0.4, -0.2) is 23.5 Å². The summed E-state index contributed by atoms with van der Waals surface area (Å²) in [5, 5.41) is 11.1. The molecular weight excluding hydrogens is 405 g/mol. The summed E-state index contributed by atoms with van der Waals surface area (Å²) < 4.78 is 46.0. The number of hydrogen-bond donors (Lipinski definition) is 0. The lowest BCUT2D eigenvalue weighted by atomic mass is 9.88. The summed E-state index contributed by atoms with van der Waals surface area (Å²) in [6.45, 7) is 1.80. The molecule has 0 fully saturated rings. The van der Waals surface area contributed by atoms with E-state index in [2.05, 4.69) is 9.73 Å². The third kappa shape index (κ3) is 4.48. The van der Waals surface area contributed by atoms with Crippen molar-refractivity contribution in [1.29, 1.82) is 0 Å². The van der Waals surface area contributed by atoms with Gasteiger partial charge in [-0.3, -0.25) is 15.1 Å². The quantitative estimate of drug-likeness (QED) is 0.292. The highest BCUT2D eigenvalue weighted by molar-refractivity contribution is 6.12. The largest absolute Gasteiger partial charge is 0.573 e. The van der Waals surface area contributed by atoms with E-state index in [0.29, 0.717) is 12.0 Å². The number of carbonyl (C=O) groups is 1. The van der Waals surface area contributed by atoms with Gasteiger partial charge >= 0.3 is 18.0 Å². The molecule has 3 rings (SSSR count). The second kappa shape index (κ2) is 7.97. The fourth-order valence-electron chi connectivity index (χ4n) is 2.98. The minimum atomic E-state index is -4.80. The zero-order valence-corrected chi connectivity index (χ0v) is 15.6. The number of para-hydroxylation sites is 2. The van der Waals surface area contributed by atoms with Crippen LogP contribution in [0.15, 0.2) is 65.2 Å². The maximum absolute atomic E-state index is 12.5. The third-order valence-electron chi connectivity index (χ3n) is 4.46. The smallest absolute Gasteiger partial charge is 0.416 e. The van der Waals surface area contributed by atoms with Crippen molar-refractivity contribution in [1.82, 2.24) is 0 Å². The average Bonchev–Trinajstić information content (AvgIpc) is 3.13. The van der Waals surface area contributed by atoms with E-state index < -0.39 is 22.8 Å². The van der Waals surface area contributed by atoms with Gasteiger partial charge in [0.05, 0.1) is 10.5 Å². The highest BCUT2D eigenvalue weighted by Gasteiger charge is 2.35. The number of rotatable bonds is 6. The van der Waals surface area contributed by atoms with E-state index in [9.17, 15) is 28.1 Å². The summed E-state index contributed by atoms with van der Waals surface area (Å²) in [5.74, 6) is -1.41. The van der Waals surface area contributed by atoms with E-state index in [0.717, 1.165) is 12.1 Å². The number of carbonyl (C=O) groups excluding carboxylic acids is 1. The Bertz CT molecular complexity index is 1030. The van der Waals surface area contributed by atoms with Crippen LogP contribution in [0.3, 0.4) is 0 Å². The van der Waals surface area contributed by atoms with Crippen molar-refractivity contribution < 1.29 is 32.4 Å². The second-order valence-electron chi connectivity index (χ2n) is 6.32. The molecule has 0 amide bonds. The molecular formula is C20H15F3N2O5. The topological polar surface area (TPSA) is 91.0 Å². The first-order valence-electron chi connectivity index (χ1n) is 8.73. The summed E-state index contributed by atoms with van der Waals surface area (Å²) in [5.41, 5.74) is -0.716. The van der Waals surface area contributed by atoms with Gasteiger partial charge in [0.15, 0.2) is 0 Å². The number of nitro groups is 1. The molecule has 1 aliphatic rings. The van der Waals surface area contributed by atoms with Crippen molar-refractivity contribution in [3.05, 3.63) is 75.9 Å². The van der Waals surface area contributed by atoms with Gasteiger partial charge < -0.3 is 9.47 Å². The Hall–Kier alpha value is -3.69. The molecule has 0 bridgehead atoms. The fourth-order valence-corrected chi connectivity index (χ4v) is 2.98. The summed E-state index contributed by atoms with van der Waals surface area (Å²) in [7, 11) is 0. The van der Waals surface area contributed by atoms with Gasteiger partial charge in [-0.25, -0.2) is 4.79 Å². The highest BCUT2D eigenvalue weighted by Crippen LogP contribution is 2.37. The molecule has 0 saturated heterocycles. The van der Waals surface area contributed by atoms with Gasteiger partial charge in [0.2, 0.25) is 5.75 Å². The first-order chi connectivity index (χ1) is 14.1. The number of aliphatic imine (C=N–C) groups is 1. The first-order valence-corrected chi connectivity index (χ1v) is 8.73. The normalized spacial score (nSPS) is 18.1. The molecule has 0 N–H and O–H groups in total. The monoisotopic (exact) mass is 420 g/mol.